The molecule has 9 heteroatoms. The number of methoxy groups -OCH3 is 1. The van der Waals surface area contributed by atoms with E-state index in [9.17, 15) is 18.0 Å². The fourth-order valence-corrected chi connectivity index (χ4v) is 5.59. The van der Waals surface area contributed by atoms with Crippen LogP contribution in [0.5, 0.6) is 5.75 Å². The van der Waals surface area contributed by atoms with E-state index in [4.69, 9.17) is 9.47 Å². The molecule has 1 aliphatic rings. The number of nitrogens with one attached hydrogen (secondary N) is 1. The summed E-state index contributed by atoms with van der Waals surface area (Å²) < 4.78 is 38.4. The number of ether oxygens (including phenoxy) is 2. The van der Waals surface area contributed by atoms with Gasteiger partial charge in [0.2, 0.25) is 15.9 Å². The highest BCUT2D eigenvalue weighted by Gasteiger charge is 2.35. The molecule has 0 spiro atoms. The second kappa shape index (κ2) is 11.5. The van der Waals surface area contributed by atoms with E-state index < -0.39 is 21.9 Å². The summed E-state index contributed by atoms with van der Waals surface area (Å²) >= 11 is 0. The number of benzene rings is 2. The summed E-state index contributed by atoms with van der Waals surface area (Å²) in [5.41, 5.74) is 1.76. The molecule has 34 heavy (non-hydrogen) atoms. The number of esters is 1. The van der Waals surface area contributed by atoms with Gasteiger partial charge in [-0.05, 0) is 68.1 Å². The van der Waals surface area contributed by atoms with Crippen molar-refractivity contribution in [3.63, 3.8) is 0 Å². The third-order valence-corrected chi connectivity index (χ3v) is 7.70. The van der Waals surface area contributed by atoms with Gasteiger partial charge in [0.1, 0.15) is 10.6 Å². The summed E-state index contributed by atoms with van der Waals surface area (Å²) in [6.45, 7) is 4.65. The first-order chi connectivity index (χ1) is 16.3. The molecule has 184 valence electrons. The van der Waals surface area contributed by atoms with Crippen LogP contribution in [0.1, 0.15) is 48.5 Å². The molecule has 1 atom stereocenters. The van der Waals surface area contributed by atoms with Gasteiger partial charge in [0.05, 0.1) is 25.2 Å². The summed E-state index contributed by atoms with van der Waals surface area (Å²) in [6.07, 6.45) is 2.92. The third-order valence-electron chi connectivity index (χ3n) is 5.81. The van der Waals surface area contributed by atoms with Gasteiger partial charge in [0, 0.05) is 18.8 Å². The molecule has 1 heterocycles. The minimum atomic E-state index is -3.81. The molecular weight excluding hydrogens is 456 g/mol. The van der Waals surface area contributed by atoms with Gasteiger partial charge >= 0.3 is 5.97 Å². The number of rotatable bonds is 9. The Balaban J connectivity index is 1.66. The van der Waals surface area contributed by atoms with Crippen molar-refractivity contribution in [3.8, 4) is 5.75 Å². The van der Waals surface area contributed by atoms with Crippen LogP contribution in [0.3, 0.4) is 0 Å². The molecule has 1 aliphatic heterocycles. The van der Waals surface area contributed by atoms with Gasteiger partial charge in [0.25, 0.3) is 0 Å². The van der Waals surface area contributed by atoms with E-state index in [2.05, 4.69) is 5.32 Å². The van der Waals surface area contributed by atoms with E-state index in [0.29, 0.717) is 37.2 Å². The maximum absolute atomic E-state index is 13.3. The molecular formula is C25H32N2O6S. The Hall–Kier alpha value is -2.91. The van der Waals surface area contributed by atoms with Crippen molar-refractivity contribution in [3.05, 3.63) is 53.6 Å². The summed E-state index contributed by atoms with van der Waals surface area (Å²) in [7, 11) is -2.38. The maximum Gasteiger partial charge on any atom is 0.338 e. The summed E-state index contributed by atoms with van der Waals surface area (Å²) in [6, 6.07) is 11.5. The lowest BCUT2D eigenvalue weighted by Crippen LogP contribution is -2.43. The zero-order valence-corrected chi connectivity index (χ0v) is 20.7. The standard InChI is InChI=1S/C25H32N2O6S/c1-4-5-15-33-25(29)19-9-11-21(12-10-19)26-24(28)20-7-6-14-27(17-20)34(30,31)23-16-18(2)8-13-22(23)32-3/h8-13,16,20H,4-7,14-15,17H2,1-3H3,(H,26,28)/t20-/m0/s1. The van der Waals surface area contributed by atoms with E-state index in [0.717, 1.165) is 18.4 Å². The first-order valence-electron chi connectivity index (χ1n) is 11.5. The number of aryl methyl sites for hydroxylation is 1. The van der Waals surface area contributed by atoms with Crippen LogP contribution in [0.25, 0.3) is 0 Å². The average Bonchev–Trinajstić information content (AvgIpc) is 2.84. The van der Waals surface area contributed by atoms with Crippen LogP contribution < -0.4 is 10.1 Å². The van der Waals surface area contributed by atoms with E-state index in [1.807, 2.05) is 13.8 Å². The van der Waals surface area contributed by atoms with Crippen molar-refractivity contribution in [2.24, 2.45) is 5.92 Å². The predicted molar refractivity (Wildman–Crippen MR) is 129 cm³/mol. The number of piperidine rings is 1. The molecule has 1 fully saturated rings. The topological polar surface area (TPSA) is 102 Å². The van der Waals surface area contributed by atoms with Crippen molar-refractivity contribution < 1.29 is 27.5 Å². The summed E-state index contributed by atoms with van der Waals surface area (Å²) in [5, 5.41) is 2.84. The zero-order valence-electron chi connectivity index (χ0n) is 19.9. The Morgan fingerprint density at radius 3 is 2.56 bits per heavy atom. The van der Waals surface area contributed by atoms with Gasteiger partial charge in [-0.3, -0.25) is 4.79 Å². The Labute approximate surface area is 201 Å². The molecule has 1 amide bonds. The highest BCUT2D eigenvalue weighted by molar-refractivity contribution is 7.89. The van der Waals surface area contributed by atoms with E-state index in [1.54, 1.807) is 42.5 Å². The normalized spacial score (nSPS) is 16.6. The van der Waals surface area contributed by atoms with Crippen molar-refractivity contribution in [2.75, 3.05) is 32.1 Å². The highest BCUT2D eigenvalue weighted by Crippen LogP contribution is 2.31. The molecule has 1 N–H and O–H groups in total. The van der Waals surface area contributed by atoms with Crippen molar-refractivity contribution in [1.82, 2.24) is 4.31 Å². The first kappa shape index (κ1) is 25.7. The van der Waals surface area contributed by atoms with E-state index in [-0.39, 0.29) is 23.1 Å². The molecule has 0 aromatic heterocycles. The molecule has 1 saturated heterocycles. The Morgan fingerprint density at radius 1 is 1.15 bits per heavy atom. The Bertz CT molecular complexity index is 1110. The minimum absolute atomic E-state index is 0.0904. The zero-order chi connectivity index (χ0) is 24.7. The number of anilines is 1. The van der Waals surface area contributed by atoms with Crippen LogP contribution in [0.4, 0.5) is 5.69 Å². The number of amides is 1. The van der Waals surface area contributed by atoms with Crippen LogP contribution >= 0.6 is 0 Å². The SMILES string of the molecule is CCCCOC(=O)c1ccc(NC(=O)[C@H]2CCCN(S(=O)(=O)c3cc(C)ccc3OC)C2)cc1. The highest BCUT2D eigenvalue weighted by atomic mass is 32.2. The van der Waals surface area contributed by atoms with Gasteiger partial charge < -0.3 is 14.8 Å². The van der Waals surface area contributed by atoms with E-state index >= 15 is 0 Å². The fourth-order valence-electron chi connectivity index (χ4n) is 3.83. The molecule has 0 radical (unpaired) electrons. The van der Waals surface area contributed by atoms with Crippen molar-refractivity contribution in [2.45, 2.75) is 44.4 Å². The lowest BCUT2D eigenvalue weighted by Gasteiger charge is -2.31. The van der Waals surface area contributed by atoms with Gasteiger partial charge in [-0.25, -0.2) is 13.2 Å². The van der Waals surface area contributed by atoms with Crippen LogP contribution in [-0.4, -0.2) is 51.4 Å². The average molecular weight is 489 g/mol. The minimum Gasteiger partial charge on any atom is -0.495 e. The van der Waals surface area contributed by atoms with Crippen LogP contribution in [0.15, 0.2) is 47.4 Å². The van der Waals surface area contributed by atoms with Gasteiger partial charge in [0.15, 0.2) is 0 Å². The predicted octanol–water partition coefficient (Wildman–Crippen LogP) is 4.00. The van der Waals surface area contributed by atoms with Crippen molar-refractivity contribution in [1.29, 1.82) is 0 Å². The molecule has 2 aromatic rings. The quantitative estimate of drug-likeness (QED) is 0.423. The van der Waals surface area contributed by atoms with Crippen molar-refractivity contribution >= 4 is 27.6 Å². The smallest absolute Gasteiger partial charge is 0.338 e. The van der Waals surface area contributed by atoms with Crippen LogP contribution in [-0.2, 0) is 19.6 Å². The number of carbonyl (C=O) groups is 2. The number of nitrogens with zero attached hydrogens (tertiary/aromatic N) is 1. The van der Waals surface area contributed by atoms with E-state index in [1.165, 1.54) is 11.4 Å². The number of unbranched alkanes of at least 4 members (excludes halogenated alkanes) is 1. The largest absolute Gasteiger partial charge is 0.495 e. The van der Waals surface area contributed by atoms with Gasteiger partial charge in [-0.1, -0.05) is 19.4 Å². The lowest BCUT2D eigenvalue weighted by atomic mass is 9.98. The number of hydrogen-bond donors (Lipinski definition) is 1. The maximum atomic E-state index is 13.3. The molecule has 0 saturated carbocycles. The lowest BCUT2D eigenvalue weighted by molar-refractivity contribution is -0.120. The second-order valence-corrected chi connectivity index (χ2v) is 10.3. The Kier molecular flexibility index (Phi) is 8.68. The number of hydrogen-bond acceptors (Lipinski definition) is 6. The second-order valence-electron chi connectivity index (χ2n) is 8.41. The number of carbonyl (C=O) groups excluding carboxylic acids is 2. The molecule has 2 aromatic carbocycles. The van der Waals surface area contributed by atoms with Gasteiger partial charge in [-0.2, -0.15) is 4.31 Å². The third kappa shape index (κ3) is 6.15. The molecule has 8 nitrogen and oxygen atoms in total. The number of sulfonamides is 1. The first-order valence-corrected chi connectivity index (χ1v) is 12.9. The van der Waals surface area contributed by atoms with Crippen LogP contribution in [0.2, 0.25) is 0 Å². The van der Waals surface area contributed by atoms with Gasteiger partial charge in [-0.15, -0.1) is 0 Å². The monoisotopic (exact) mass is 488 g/mol. The fraction of sp³-hybridized carbons (Fsp3) is 0.440. The summed E-state index contributed by atoms with van der Waals surface area (Å²) in [4.78, 5) is 25.0. The Morgan fingerprint density at radius 2 is 1.88 bits per heavy atom. The van der Waals surface area contributed by atoms with Crippen LogP contribution in [0, 0.1) is 12.8 Å². The molecule has 3 rings (SSSR count). The molecule has 0 unspecified atom stereocenters. The summed E-state index contributed by atoms with van der Waals surface area (Å²) in [5.74, 6) is -0.857. The molecule has 0 aliphatic carbocycles. The molecule has 0 bridgehead atoms.